The Balaban J connectivity index is 2.09. The molecule has 4 heteroatoms. The number of carboxylic acids is 1. The molecule has 0 aromatic carbocycles. The first-order valence-electron chi connectivity index (χ1n) is 6.20. The lowest BCUT2D eigenvalue weighted by Gasteiger charge is -2.25. The Morgan fingerprint density at radius 1 is 1.53 bits per heavy atom. The molecule has 0 spiro atoms. The topological polar surface area (TPSA) is 49.3 Å². The van der Waals surface area contributed by atoms with Gasteiger partial charge in [0.15, 0.2) is 0 Å². The maximum absolute atomic E-state index is 11.0. The number of carbonyl (C=O) groups is 1. The monoisotopic (exact) mass is 253 g/mol. The van der Waals surface area contributed by atoms with Gasteiger partial charge >= 0.3 is 5.97 Å². The Kier molecular flexibility index (Phi) is 4.18. The van der Waals surface area contributed by atoms with E-state index in [1.807, 2.05) is 6.07 Å². The minimum Gasteiger partial charge on any atom is -0.480 e. The van der Waals surface area contributed by atoms with Gasteiger partial charge in [-0.05, 0) is 37.1 Å². The van der Waals surface area contributed by atoms with Crippen LogP contribution in [0, 0.1) is 5.92 Å². The maximum atomic E-state index is 11.0. The summed E-state index contributed by atoms with van der Waals surface area (Å²) in [5, 5.41) is 14.3. The fourth-order valence-corrected chi connectivity index (χ4v) is 3.43. The molecular weight excluding hydrogens is 234 g/mol. The first-order chi connectivity index (χ1) is 8.18. The van der Waals surface area contributed by atoms with E-state index < -0.39 is 12.0 Å². The van der Waals surface area contributed by atoms with Crippen molar-refractivity contribution in [1.29, 1.82) is 0 Å². The van der Waals surface area contributed by atoms with Gasteiger partial charge in [0.2, 0.25) is 0 Å². The van der Waals surface area contributed by atoms with E-state index in [4.69, 9.17) is 5.11 Å². The van der Waals surface area contributed by atoms with Crippen molar-refractivity contribution in [3.8, 4) is 0 Å². The zero-order valence-corrected chi connectivity index (χ0v) is 10.9. The molecule has 2 unspecified atom stereocenters. The lowest BCUT2D eigenvalue weighted by molar-refractivity contribution is -0.139. The molecule has 2 atom stereocenters. The Bertz CT molecular complexity index is 358. The Morgan fingerprint density at radius 2 is 2.24 bits per heavy atom. The van der Waals surface area contributed by atoms with E-state index in [0.29, 0.717) is 5.92 Å². The van der Waals surface area contributed by atoms with Crippen molar-refractivity contribution in [3.63, 3.8) is 0 Å². The summed E-state index contributed by atoms with van der Waals surface area (Å²) in [5.41, 5.74) is 0. The summed E-state index contributed by atoms with van der Waals surface area (Å²) in [4.78, 5) is 12.2. The summed E-state index contributed by atoms with van der Waals surface area (Å²) in [6.07, 6.45) is 4.97. The van der Waals surface area contributed by atoms with E-state index in [1.165, 1.54) is 30.6 Å². The second kappa shape index (κ2) is 5.65. The molecule has 1 heterocycles. The number of hydrogen-bond donors (Lipinski definition) is 2. The second-order valence-electron chi connectivity index (χ2n) is 4.76. The molecule has 94 valence electrons. The second-order valence-corrected chi connectivity index (χ2v) is 5.74. The summed E-state index contributed by atoms with van der Waals surface area (Å²) < 4.78 is 0. The zero-order valence-electron chi connectivity index (χ0n) is 10.1. The molecule has 0 bridgehead atoms. The Labute approximate surface area is 106 Å². The molecule has 1 fully saturated rings. The van der Waals surface area contributed by atoms with Crippen LogP contribution in [-0.4, -0.2) is 17.1 Å². The highest BCUT2D eigenvalue weighted by Crippen LogP contribution is 2.37. The summed E-state index contributed by atoms with van der Waals surface area (Å²) in [6, 6.07) is 3.87. The SMILES string of the molecule is CC(NC(c1cccs1)C1CCCC1)C(=O)O. The standard InChI is InChI=1S/C13H19NO2S/c1-9(13(15)16)14-12(10-5-2-3-6-10)11-7-4-8-17-11/h4,7-10,12,14H,2-3,5-6H2,1H3,(H,15,16). The van der Waals surface area contributed by atoms with Gasteiger partial charge in [0.05, 0.1) is 0 Å². The molecule has 2 rings (SSSR count). The summed E-state index contributed by atoms with van der Waals surface area (Å²) >= 11 is 1.72. The molecule has 2 N–H and O–H groups in total. The number of carboxylic acid groups (broad SMARTS) is 1. The summed E-state index contributed by atoms with van der Waals surface area (Å²) in [5.74, 6) is -0.181. The van der Waals surface area contributed by atoms with Gasteiger partial charge in [0.1, 0.15) is 6.04 Å². The average Bonchev–Trinajstić information content (AvgIpc) is 2.98. The van der Waals surface area contributed by atoms with Gasteiger partial charge in [-0.2, -0.15) is 0 Å². The first kappa shape index (κ1) is 12.6. The van der Waals surface area contributed by atoms with Crippen molar-refractivity contribution in [2.45, 2.75) is 44.7 Å². The van der Waals surface area contributed by atoms with E-state index in [9.17, 15) is 4.79 Å². The smallest absolute Gasteiger partial charge is 0.320 e. The lowest BCUT2D eigenvalue weighted by Crippen LogP contribution is -2.39. The molecule has 1 saturated carbocycles. The molecule has 0 amide bonds. The molecule has 1 aliphatic rings. The van der Waals surface area contributed by atoms with Gasteiger partial charge in [0, 0.05) is 10.9 Å². The third kappa shape index (κ3) is 3.07. The Morgan fingerprint density at radius 3 is 2.76 bits per heavy atom. The summed E-state index contributed by atoms with van der Waals surface area (Å²) in [7, 11) is 0. The van der Waals surface area contributed by atoms with Crippen LogP contribution in [0.3, 0.4) is 0 Å². The number of hydrogen-bond acceptors (Lipinski definition) is 3. The minimum absolute atomic E-state index is 0.212. The van der Waals surface area contributed by atoms with Crippen LogP contribution in [0.25, 0.3) is 0 Å². The van der Waals surface area contributed by atoms with Crippen molar-refractivity contribution < 1.29 is 9.90 Å². The van der Waals surface area contributed by atoms with Crippen LogP contribution in [0.15, 0.2) is 17.5 Å². The van der Waals surface area contributed by atoms with Crippen molar-refractivity contribution in [2.24, 2.45) is 5.92 Å². The predicted molar refractivity (Wildman–Crippen MR) is 69.3 cm³/mol. The molecule has 1 aromatic rings. The van der Waals surface area contributed by atoms with Crippen molar-refractivity contribution in [3.05, 3.63) is 22.4 Å². The highest BCUT2D eigenvalue weighted by Gasteiger charge is 2.29. The van der Waals surface area contributed by atoms with Crippen LogP contribution in [0.4, 0.5) is 0 Å². The fraction of sp³-hybridized carbons (Fsp3) is 0.615. The lowest BCUT2D eigenvalue weighted by atomic mass is 9.96. The van der Waals surface area contributed by atoms with Gasteiger partial charge in [-0.3, -0.25) is 10.1 Å². The van der Waals surface area contributed by atoms with E-state index in [0.717, 1.165) is 0 Å². The number of thiophene rings is 1. The van der Waals surface area contributed by atoms with Gasteiger partial charge in [-0.15, -0.1) is 11.3 Å². The van der Waals surface area contributed by atoms with Crippen LogP contribution >= 0.6 is 11.3 Å². The third-order valence-corrected chi connectivity index (χ3v) is 4.48. The minimum atomic E-state index is -0.774. The summed E-state index contributed by atoms with van der Waals surface area (Å²) in [6.45, 7) is 1.72. The normalized spacial score (nSPS) is 20.3. The van der Waals surface area contributed by atoms with Crippen molar-refractivity contribution in [1.82, 2.24) is 5.32 Å². The van der Waals surface area contributed by atoms with E-state index in [-0.39, 0.29) is 6.04 Å². The quantitative estimate of drug-likeness (QED) is 0.848. The van der Waals surface area contributed by atoms with Crippen molar-refractivity contribution in [2.75, 3.05) is 0 Å². The van der Waals surface area contributed by atoms with Gasteiger partial charge < -0.3 is 5.11 Å². The van der Waals surface area contributed by atoms with Crippen LogP contribution in [0.5, 0.6) is 0 Å². The highest BCUT2D eigenvalue weighted by atomic mass is 32.1. The van der Waals surface area contributed by atoms with Crippen LogP contribution in [0.1, 0.15) is 43.5 Å². The molecule has 0 saturated heterocycles. The number of rotatable bonds is 5. The molecule has 1 aromatic heterocycles. The largest absolute Gasteiger partial charge is 0.480 e. The van der Waals surface area contributed by atoms with E-state index in [2.05, 4.69) is 16.8 Å². The van der Waals surface area contributed by atoms with Crippen LogP contribution in [-0.2, 0) is 4.79 Å². The van der Waals surface area contributed by atoms with Gasteiger partial charge in [-0.25, -0.2) is 0 Å². The molecular formula is C13H19NO2S. The van der Waals surface area contributed by atoms with Crippen molar-refractivity contribution >= 4 is 17.3 Å². The highest BCUT2D eigenvalue weighted by molar-refractivity contribution is 7.10. The molecule has 0 radical (unpaired) electrons. The Hall–Kier alpha value is -0.870. The average molecular weight is 253 g/mol. The molecule has 3 nitrogen and oxygen atoms in total. The van der Waals surface area contributed by atoms with E-state index >= 15 is 0 Å². The fourth-order valence-electron chi connectivity index (χ4n) is 2.55. The predicted octanol–water partition coefficient (Wildman–Crippen LogP) is 3.04. The van der Waals surface area contributed by atoms with Crippen LogP contribution in [0.2, 0.25) is 0 Å². The van der Waals surface area contributed by atoms with E-state index in [1.54, 1.807) is 18.3 Å². The molecule has 17 heavy (non-hydrogen) atoms. The first-order valence-corrected chi connectivity index (χ1v) is 7.08. The van der Waals surface area contributed by atoms with Gasteiger partial charge in [-0.1, -0.05) is 18.9 Å². The number of nitrogens with one attached hydrogen (secondary N) is 1. The maximum Gasteiger partial charge on any atom is 0.320 e. The van der Waals surface area contributed by atoms with Crippen LogP contribution < -0.4 is 5.32 Å². The number of aliphatic carboxylic acids is 1. The van der Waals surface area contributed by atoms with Gasteiger partial charge in [0.25, 0.3) is 0 Å². The molecule has 1 aliphatic carbocycles. The molecule has 0 aliphatic heterocycles. The zero-order chi connectivity index (χ0) is 12.3. The third-order valence-electron chi connectivity index (χ3n) is 3.52.